The van der Waals surface area contributed by atoms with Crippen molar-refractivity contribution < 1.29 is 9.53 Å². The summed E-state index contributed by atoms with van der Waals surface area (Å²) in [4.78, 5) is 21.5. The molecule has 110 valence electrons. The minimum Gasteiger partial charge on any atom is -0.367 e. The van der Waals surface area contributed by atoms with E-state index in [-0.39, 0.29) is 5.91 Å². The number of aryl methyl sites for hydroxylation is 1. The number of ether oxygens (including phenoxy) is 1. The summed E-state index contributed by atoms with van der Waals surface area (Å²) in [5, 5.41) is 0. The topological polar surface area (TPSA) is 58.2 Å². The van der Waals surface area contributed by atoms with Crippen molar-refractivity contribution in [2.75, 3.05) is 19.7 Å². The van der Waals surface area contributed by atoms with Gasteiger partial charge in [-0.2, -0.15) is 0 Å². The molecule has 0 radical (unpaired) electrons. The molecule has 0 saturated carbocycles. The zero-order valence-electron chi connectivity index (χ0n) is 12.3. The van der Waals surface area contributed by atoms with E-state index in [1.807, 2.05) is 49.1 Å². The molecule has 2 aromatic rings. The van der Waals surface area contributed by atoms with Gasteiger partial charge >= 0.3 is 0 Å². The molecule has 0 bridgehead atoms. The molecule has 5 heteroatoms. The Balaban J connectivity index is 1.83. The highest BCUT2D eigenvalue weighted by molar-refractivity contribution is 5.93. The average molecular weight is 285 g/mol. The number of nitrogens with one attached hydrogen (secondary N) is 1. The molecule has 0 aliphatic carbocycles. The normalized spacial score (nSPS) is 22.3. The van der Waals surface area contributed by atoms with Crippen LogP contribution in [0.1, 0.15) is 28.7 Å². The number of nitrogens with zero attached hydrogens (tertiary/aromatic N) is 2. The standard InChI is InChI=1S/C16H19N3O2/c1-12-14(18-11-17-12)15(20)19-8-9-21-16(2,10-19)13-6-4-3-5-7-13/h3-7,11H,8-10H2,1-2H3,(H,17,18). The molecule has 21 heavy (non-hydrogen) atoms. The van der Waals surface area contributed by atoms with Crippen LogP contribution >= 0.6 is 0 Å². The highest BCUT2D eigenvalue weighted by Gasteiger charge is 2.36. The van der Waals surface area contributed by atoms with Crippen molar-refractivity contribution in [2.24, 2.45) is 0 Å². The molecule has 0 spiro atoms. The van der Waals surface area contributed by atoms with E-state index in [4.69, 9.17) is 4.74 Å². The van der Waals surface area contributed by atoms with Crippen molar-refractivity contribution in [3.05, 3.63) is 53.6 Å². The van der Waals surface area contributed by atoms with E-state index >= 15 is 0 Å². The highest BCUT2D eigenvalue weighted by Crippen LogP contribution is 2.29. The molecule has 1 unspecified atom stereocenters. The second kappa shape index (κ2) is 5.33. The summed E-state index contributed by atoms with van der Waals surface area (Å²) >= 11 is 0. The van der Waals surface area contributed by atoms with Crippen molar-refractivity contribution in [3.63, 3.8) is 0 Å². The van der Waals surface area contributed by atoms with Crippen LogP contribution in [0.15, 0.2) is 36.7 Å². The molecule has 1 saturated heterocycles. The van der Waals surface area contributed by atoms with Crippen LogP contribution in [0.25, 0.3) is 0 Å². The molecule has 1 fully saturated rings. The third kappa shape index (κ3) is 2.56. The van der Waals surface area contributed by atoms with Crippen LogP contribution in [0.2, 0.25) is 0 Å². The van der Waals surface area contributed by atoms with E-state index in [2.05, 4.69) is 9.97 Å². The summed E-state index contributed by atoms with van der Waals surface area (Å²) in [5.41, 5.74) is 1.90. The minimum absolute atomic E-state index is 0.0424. The van der Waals surface area contributed by atoms with Gasteiger partial charge < -0.3 is 14.6 Å². The molecule has 2 heterocycles. The van der Waals surface area contributed by atoms with Gasteiger partial charge in [0.25, 0.3) is 5.91 Å². The van der Waals surface area contributed by atoms with Crippen LogP contribution in [0.4, 0.5) is 0 Å². The molecule has 1 atom stereocenters. The lowest BCUT2D eigenvalue weighted by molar-refractivity contribution is -0.0931. The van der Waals surface area contributed by atoms with Crippen molar-refractivity contribution in [1.29, 1.82) is 0 Å². The van der Waals surface area contributed by atoms with Crippen LogP contribution < -0.4 is 0 Å². The van der Waals surface area contributed by atoms with Gasteiger partial charge in [0.1, 0.15) is 11.3 Å². The Hall–Kier alpha value is -2.14. The Morgan fingerprint density at radius 2 is 2.14 bits per heavy atom. The largest absolute Gasteiger partial charge is 0.367 e. The van der Waals surface area contributed by atoms with Gasteiger partial charge in [0.05, 0.1) is 19.5 Å². The molecule has 3 rings (SSSR count). The average Bonchev–Trinajstić information content (AvgIpc) is 2.93. The van der Waals surface area contributed by atoms with Crippen molar-refractivity contribution in [3.8, 4) is 0 Å². The summed E-state index contributed by atoms with van der Waals surface area (Å²) in [6, 6.07) is 10.0. The van der Waals surface area contributed by atoms with Crippen LogP contribution in [0.3, 0.4) is 0 Å². The number of aromatic amines is 1. The van der Waals surface area contributed by atoms with Crippen molar-refractivity contribution in [1.82, 2.24) is 14.9 Å². The van der Waals surface area contributed by atoms with Crippen LogP contribution in [0.5, 0.6) is 0 Å². The molecule has 1 aromatic carbocycles. The SMILES string of the molecule is Cc1[nH]cnc1C(=O)N1CCOC(C)(c2ccccc2)C1. The highest BCUT2D eigenvalue weighted by atomic mass is 16.5. The zero-order valence-corrected chi connectivity index (χ0v) is 12.3. The van der Waals surface area contributed by atoms with Gasteiger partial charge in [-0.1, -0.05) is 30.3 Å². The summed E-state index contributed by atoms with van der Waals surface area (Å²) in [5.74, 6) is -0.0424. The van der Waals surface area contributed by atoms with Crippen LogP contribution in [-0.4, -0.2) is 40.5 Å². The first kappa shape index (κ1) is 13.8. The molecule has 1 aromatic heterocycles. The van der Waals surface area contributed by atoms with Crippen LogP contribution in [-0.2, 0) is 10.3 Å². The van der Waals surface area contributed by atoms with Crippen molar-refractivity contribution in [2.45, 2.75) is 19.4 Å². The Bertz CT molecular complexity index is 638. The number of benzene rings is 1. The monoisotopic (exact) mass is 285 g/mol. The van der Waals surface area contributed by atoms with E-state index in [0.29, 0.717) is 25.4 Å². The fourth-order valence-electron chi connectivity index (χ4n) is 2.73. The number of carbonyl (C=O) groups excluding carboxylic acids is 1. The number of amides is 1. The van der Waals surface area contributed by atoms with Crippen LogP contribution in [0, 0.1) is 6.92 Å². The summed E-state index contributed by atoms with van der Waals surface area (Å²) in [6.45, 7) is 5.53. The minimum atomic E-state index is -0.473. The second-order valence-corrected chi connectivity index (χ2v) is 5.55. The van der Waals surface area contributed by atoms with Gasteiger partial charge in [0.15, 0.2) is 0 Å². The van der Waals surface area contributed by atoms with Gasteiger partial charge in [-0.3, -0.25) is 4.79 Å². The number of rotatable bonds is 2. The third-order valence-corrected chi connectivity index (χ3v) is 3.98. The van der Waals surface area contributed by atoms with Crippen molar-refractivity contribution >= 4 is 5.91 Å². The van der Waals surface area contributed by atoms with Gasteiger partial charge in [-0.05, 0) is 19.4 Å². The lowest BCUT2D eigenvalue weighted by Crippen LogP contribution is -2.50. The molecule has 1 N–H and O–H groups in total. The van der Waals surface area contributed by atoms with Gasteiger partial charge in [0, 0.05) is 12.2 Å². The number of morpholine rings is 1. The molecular weight excluding hydrogens is 266 g/mol. The van der Waals surface area contributed by atoms with Gasteiger partial charge in [-0.25, -0.2) is 4.98 Å². The number of aromatic nitrogens is 2. The number of carbonyl (C=O) groups is 1. The maximum absolute atomic E-state index is 12.6. The number of imidazole rings is 1. The predicted molar refractivity (Wildman–Crippen MR) is 79.0 cm³/mol. The number of hydrogen-bond donors (Lipinski definition) is 1. The third-order valence-electron chi connectivity index (χ3n) is 3.98. The van der Waals surface area contributed by atoms with E-state index in [9.17, 15) is 4.79 Å². The number of hydrogen-bond acceptors (Lipinski definition) is 3. The maximum Gasteiger partial charge on any atom is 0.274 e. The molecular formula is C16H19N3O2. The fraction of sp³-hybridized carbons (Fsp3) is 0.375. The zero-order chi connectivity index (χ0) is 14.9. The van der Waals surface area contributed by atoms with E-state index in [1.165, 1.54) is 0 Å². The lowest BCUT2D eigenvalue weighted by atomic mass is 9.93. The first-order valence-electron chi connectivity index (χ1n) is 7.09. The molecule has 1 aliphatic rings. The Morgan fingerprint density at radius 1 is 1.38 bits per heavy atom. The second-order valence-electron chi connectivity index (χ2n) is 5.55. The molecule has 1 aliphatic heterocycles. The Labute approximate surface area is 124 Å². The Morgan fingerprint density at radius 3 is 2.81 bits per heavy atom. The Kier molecular flexibility index (Phi) is 3.51. The van der Waals surface area contributed by atoms with E-state index < -0.39 is 5.60 Å². The summed E-state index contributed by atoms with van der Waals surface area (Å²) in [6.07, 6.45) is 1.55. The number of H-pyrrole nitrogens is 1. The van der Waals surface area contributed by atoms with Gasteiger partial charge in [0.2, 0.25) is 0 Å². The quantitative estimate of drug-likeness (QED) is 0.919. The smallest absolute Gasteiger partial charge is 0.274 e. The summed E-state index contributed by atoms with van der Waals surface area (Å²) in [7, 11) is 0. The lowest BCUT2D eigenvalue weighted by Gasteiger charge is -2.40. The maximum atomic E-state index is 12.6. The summed E-state index contributed by atoms with van der Waals surface area (Å²) < 4.78 is 5.96. The molecule has 5 nitrogen and oxygen atoms in total. The predicted octanol–water partition coefficient (Wildman–Crippen LogP) is 2.11. The van der Waals surface area contributed by atoms with E-state index in [0.717, 1.165) is 11.3 Å². The van der Waals surface area contributed by atoms with E-state index in [1.54, 1.807) is 6.33 Å². The molecule has 1 amide bonds. The first-order valence-corrected chi connectivity index (χ1v) is 7.09. The fourth-order valence-corrected chi connectivity index (χ4v) is 2.73. The first-order chi connectivity index (χ1) is 10.1. The van der Waals surface area contributed by atoms with Gasteiger partial charge in [-0.15, -0.1) is 0 Å².